The van der Waals surface area contributed by atoms with Gasteiger partial charge in [0.2, 0.25) is 0 Å². The first-order valence-electron chi connectivity index (χ1n) is 18.6. The van der Waals surface area contributed by atoms with E-state index in [0.717, 1.165) is 50.7 Å². The van der Waals surface area contributed by atoms with E-state index in [1.807, 2.05) is 18.2 Å². The minimum Gasteiger partial charge on any atom is -0.309 e. The normalized spacial score (nSPS) is 22.3. The summed E-state index contributed by atoms with van der Waals surface area (Å²) in [5.74, 6) is 4.83. The highest BCUT2D eigenvalue weighted by molar-refractivity contribution is 6.15. The zero-order chi connectivity index (χ0) is 33.5. The van der Waals surface area contributed by atoms with Gasteiger partial charge in [0.1, 0.15) is 0 Å². The summed E-state index contributed by atoms with van der Waals surface area (Å²) >= 11 is 0. The van der Waals surface area contributed by atoms with Gasteiger partial charge in [-0.25, -0.2) is 15.0 Å². The lowest BCUT2D eigenvalue weighted by Gasteiger charge is -2.57. The molecule has 8 aromatic rings. The fraction of sp³-hybridized carbons (Fsp3) is 0.213. The smallest absolute Gasteiger partial charge is 0.164 e. The van der Waals surface area contributed by atoms with Crippen LogP contribution in [0.15, 0.2) is 140 Å². The van der Waals surface area contributed by atoms with E-state index in [-0.39, 0.29) is 0 Å². The van der Waals surface area contributed by atoms with E-state index < -0.39 is 0 Å². The third-order valence-corrected chi connectivity index (χ3v) is 12.4. The van der Waals surface area contributed by atoms with Crippen LogP contribution in [0.1, 0.15) is 44.1 Å². The molecule has 4 heteroatoms. The average Bonchev–Trinajstić information content (AvgIpc) is 3.52. The number of hydrogen-bond donors (Lipinski definition) is 0. The molecule has 51 heavy (non-hydrogen) atoms. The Labute approximate surface area is 297 Å². The molecule has 12 rings (SSSR count). The third kappa shape index (κ3) is 4.69. The highest BCUT2D eigenvalue weighted by Gasteiger charge is 2.51. The second-order valence-electron chi connectivity index (χ2n) is 15.5. The Morgan fingerprint density at radius 1 is 0.490 bits per heavy atom. The minimum atomic E-state index is 0.388. The van der Waals surface area contributed by atoms with Gasteiger partial charge < -0.3 is 4.57 Å². The Kier molecular flexibility index (Phi) is 6.40. The summed E-state index contributed by atoms with van der Waals surface area (Å²) in [7, 11) is 0. The summed E-state index contributed by atoms with van der Waals surface area (Å²) in [6.07, 6.45) is 8.57. The van der Waals surface area contributed by atoms with E-state index in [4.69, 9.17) is 15.0 Å². The fourth-order valence-corrected chi connectivity index (χ4v) is 10.6. The van der Waals surface area contributed by atoms with Gasteiger partial charge in [-0.15, -0.1) is 0 Å². The molecule has 2 aromatic heterocycles. The molecule has 246 valence electrons. The van der Waals surface area contributed by atoms with Gasteiger partial charge in [0.25, 0.3) is 0 Å². The van der Waals surface area contributed by atoms with Crippen LogP contribution in [0, 0.1) is 17.8 Å². The van der Waals surface area contributed by atoms with E-state index in [2.05, 4.69) is 126 Å². The second kappa shape index (κ2) is 11.2. The van der Waals surface area contributed by atoms with E-state index in [0.29, 0.717) is 22.9 Å². The highest BCUT2D eigenvalue weighted by Crippen LogP contribution is 2.60. The molecule has 4 nitrogen and oxygen atoms in total. The Morgan fingerprint density at radius 3 is 1.88 bits per heavy atom. The largest absolute Gasteiger partial charge is 0.309 e. The van der Waals surface area contributed by atoms with Crippen molar-refractivity contribution in [2.75, 3.05) is 0 Å². The van der Waals surface area contributed by atoms with Crippen molar-refractivity contribution >= 4 is 32.6 Å². The number of nitrogens with zero attached hydrogens (tertiary/aromatic N) is 4. The number of rotatable bonds is 5. The molecule has 0 aliphatic heterocycles. The van der Waals surface area contributed by atoms with Gasteiger partial charge in [0.15, 0.2) is 17.5 Å². The van der Waals surface area contributed by atoms with E-state index in [1.165, 1.54) is 60.5 Å². The predicted molar refractivity (Wildman–Crippen MR) is 208 cm³/mol. The second-order valence-corrected chi connectivity index (χ2v) is 15.5. The van der Waals surface area contributed by atoms with Crippen molar-refractivity contribution in [3.05, 3.63) is 145 Å². The van der Waals surface area contributed by atoms with Crippen LogP contribution in [0.3, 0.4) is 0 Å². The summed E-state index contributed by atoms with van der Waals surface area (Å²) in [5, 5.41) is 4.72. The van der Waals surface area contributed by atoms with E-state index >= 15 is 0 Å². The number of fused-ring (bicyclic) bond motifs is 4. The maximum atomic E-state index is 5.22. The molecule has 0 unspecified atom stereocenters. The van der Waals surface area contributed by atoms with Gasteiger partial charge in [-0.05, 0) is 108 Å². The van der Waals surface area contributed by atoms with Crippen LogP contribution in [-0.4, -0.2) is 19.5 Å². The van der Waals surface area contributed by atoms with Gasteiger partial charge in [-0.2, -0.15) is 0 Å². The molecule has 6 aromatic carbocycles. The number of para-hydroxylation sites is 1. The predicted octanol–water partition coefficient (Wildman–Crippen LogP) is 11.6. The van der Waals surface area contributed by atoms with Crippen molar-refractivity contribution in [2.45, 2.75) is 43.9 Å². The maximum absolute atomic E-state index is 5.22. The molecule has 4 aliphatic rings. The average molecular weight is 659 g/mol. The molecule has 0 saturated heterocycles. The van der Waals surface area contributed by atoms with Gasteiger partial charge in [0, 0.05) is 33.2 Å². The minimum absolute atomic E-state index is 0.388. The van der Waals surface area contributed by atoms with Gasteiger partial charge in [0.05, 0.1) is 11.0 Å². The Balaban J connectivity index is 1.08. The van der Waals surface area contributed by atoms with E-state index in [9.17, 15) is 0 Å². The topological polar surface area (TPSA) is 43.6 Å². The molecule has 0 atom stereocenters. The lowest BCUT2D eigenvalue weighted by molar-refractivity contribution is -0.00518. The van der Waals surface area contributed by atoms with Crippen LogP contribution in [0.5, 0.6) is 0 Å². The number of hydrogen-bond acceptors (Lipinski definition) is 3. The summed E-state index contributed by atoms with van der Waals surface area (Å²) in [5.41, 5.74) is 8.45. The Bertz CT molecular complexity index is 2580. The highest BCUT2D eigenvalue weighted by atomic mass is 15.0. The van der Waals surface area contributed by atoms with Crippen LogP contribution in [0.25, 0.3) is 72.4 Å². The first kappa shape index (κ1) is 29.2. The summed E-state index contributed by atoms with van der Waals surface area (Å²) in [6, 6.07) is 50.2. The quantitative estimate of drug-likeness (QED) is 0.185. The van der Waals surface area contributed by atoms with Crippen LogP contribution in [0.2, 0.25) is 0 Å². The monoisotopic (exact) mass is 658 g/mol. The summed E-state index contributed by atoms with van der Waals surface area (Å²) in [6.45, 7) is 0. The molecule has 4 saturated carbocycles. The van der Waals surface area contributed by atoms with E-state index in [1.54, 1.807) is 5.56 Å². The lowest BCUT2D eigenvalue weighted by Crippen LogP contribution is -2.48. The third-order valence-electron chi connectivity index (χ3n) is 12.4. The molecule has 2 heterocycles. The molecule has 4 bridgehead atoms. The van der Waals surface area contributed by atoms with Crippen molar-refractivity contribution < 1.29 is 0 Å². The fourth-order valence-electron chi connectivity index (χ4n) is 10.6. The maximum Gasteiger partial charge on any atom is 0.164 e. The first-order chi connectivity index (χ1) is 25.2. The molecule has 4 aliphatic carbocycles. The molecule has 0 spiro atoms. The zero-order valence-electron chi connectivity index (χ0n) is 28.5. The molecular weight excluding hydrogens is 621 g/mol. The van der Waals surface area contributed by atoms with Gasteiger partial charge in [-0.3, -0.25) is 0 Å². The lowest BCUT2D eigenvalue weighted by atomic mass is 9.48. The first-order valence-corrected chi connectivity index (χ1v) is 18.6. The van der Waals surface area contributed by atoms with Crippen molar-refractivity contribution in [1.29, 1.82) is 0 Å². The van der Waals surface area contributed by atoms with Crippen molar-refractivity contribution in [2.24, 2.45) is 17.8 Å². The van der Waals surface area contributed by atoms with Gasteiger partial charge in [-0.1, -0.05) is 109 Å². The number of benzene rings is 6. The van der Waals surface area contributed by atoms with Crippen LogP contribution in [0.4, 0.5) is 0 Å². The molecule has 4 fully saturated rings. The Hall–Kier alpha value is -5.61. The van der Waals surface area contributed by atoms with Crippen LogP contribution < -0.4 is 0 Å². The van der Waals surface area contributed by atoms with Crippen LogP contribution in [-0.2, 0) is 5.41 Å². The summed E-state index contributed by atoms with van der Waals surface area (Å²) < 4.78 is 2.43. The standard InChI is InChI=1S/C47H38N4/c1-2-10-34(11-3-1)44-48-45(36-18-17-33-9-4-5-12-35(33)26-36)50-46(49-44)40-14-8-16-42-43(40)39-13-6-7-15-41(39)51(42)38-21-19-37(20-22-38)47-27-30-23-31(28-47)25-32(24-30)29-47/h1-22,26,30-32H,23-25,27-29H2. The number of aromatic nitrogens is 4. The van der Waals surface area contributed by atoms with Crippen molar-refractivity contribution in [3.8, 4) is 39.9 Å². The van der Waals surface area contributed by atoms with Crippen molar-refractivity contribution in [1.82, 2.24) is 19.5 Å². The Morgan fingerprint density at radius 2 is 1.12 bits per heavy atom. The zero-order valence-corrected chi connectivity index (χ0v) is 28.5. The molecular formula is C47H38N4. The van der Waals surface area contributed by atoms with Crippen molar-refractivity contribution in [3.63, 3.8) is 0 Å². The molecule has 0 amide bonds. The SMILES string of the molecule is c1ccc(-c2nc(-c3ccc4ccccc4c3)nc(-c3cccc4c3c3ccccc3n4-c3ccc(C45CC6CC(CC(C6)C4)C5)cc3)n2)cc1. The molecule has 0 radical (unpaired) electrons. The molecule has 0 N–H and O–H groups in total. The van der Waals surface area contributed by atoms with Crippen LogP contribution >= 0.6 is 0 Å². The summed E-state index contributed by atoms with van der Waals surface area (Å²) in [4.78, 5) is 15.4. The van der Waals surface area contributed by atoms with Gasteiger partial charge >= 0.3 is 0 Å².